The molecular weight excluding hydrogens is 362 g/mol. The van der Waals surface area contributed by atoms with E-state index in [2.05, 4.69) is 25.7 Å². The monoisotopic (exact) mass is 380 g/mol. The van der Waals surface area contributed by atoms with E-state index in [0.717, 1.165) is 10.9 Å². The van der Waals surface area contributed by atoms with Crippen molar-refractivity contribution in [3.63, 3.8) is 0 Å². The molecule has 0 radical (unpaired) electrons. The maximum absolute atomic E-state index is 15.3. The SMILES string of the molecule is Cc1c(-c2cc(F)cc3[nH]ncc23)cc(F)c2c1-n1c(C)nnc1C(C)(C)N2. The summed E-state index contributed by atoms with van der Waals surface area (Å²) in [6, 6.07) is 4.23. The molecule has 2 N–H and O–H groups in total. The molecule has 0 spiro atoms. The summed E-state index contributed by atoms with van der Waals surface area (Å²) < 4.78 is 31.3. The second-order valence-electron chi connectivity index (χ2n) is 7.70. The molecule has 6 nitrogen and oxygen atoms in total. The first-order valence-corrected chi connectivity index (χ1v) is 8.95. The zero-order chi connectivity index (χ0) is 19.8. The van der Waals surface area contributed by atoms with Gasteiger partial charge < -0.3 is 5.32 Å². The number of nitrogens with one attached hydrogen (secondary N) is 2. The number of rotatable bonds is 1. The molecular formula is C20H18F2N6. The Morgan fingerprint density at radius 3 is 2.61 bits per heavy atom. The van der Waals surface area contributed by atoms with E-state index in [4.69, 9.17) is 0 Å². The summed E-state index contributed by atoms with van der Waals surface area (Å²) in [6.45, 7) is 7.59. The van der Waals surface area contributed by atoms with Crippen LogP contribution in [0.2, 0.25) is 0 Å². The summed E-state index contributed by atoms with van der Waals surface area (Å²) in [6.07, 6.45) is 1.62. The molecule has 0 saturated heterocycles. The maximum Gasteiger partial charge on any atom is 0.162 e. The number of nitrogens with zero attached hydrogens (tertiary/aromatic N) is 4. The van der Waals surface area contributed by atoms with Crippen LogP contribution in [-0.4, -0.2) is 25.0 Å². The minimum atomic E-state index is -0.584. The molecule has 0 unspecified atom stereocenters. The van der Waals surface area contributed by atoms with E-state index < -0.39 is 17.2 Å². The predicted molar refractivity (Wildman–Crippen MR) is 102 cm³/mol. The molecule has 0 saturated carbocycles. The molecule has 1 aliphatic heterocycles. The van der Waals surface area contributed by atoms with Gasteiger partial charge in [0.1, 0.15) is 17.5 Å². The third kappa shape index (κ3) is 2.14. The van der Waals surface area contributed by atoms with Gasteiger partial charge in [0.2, 0.25) is 0 Å². The van der Waals surface area contributed by atoms with Crippen molar-refractivity contribution in [3.05, 3.63) is 53.2 Å². The number of anilines is 1. The van der Waals surface area contributed by atoms with Crippen LogP contribution in [0.1, 0.15) is 31.1 Å². The number of hydrogen-bond acceptors (Lipinski definition) is 4. The van der Waals surface area contributed by atoms with Crippen molar-refractivity contribution in [2.24, 2.45) is 0 Å². The van der Waals surface area contributed by atoms with Crippen LogP contribution in [0.25, 0.3) is 27.7 Å². The lowest BCUT2D eigenvalue weighted by atomic mass is 9.92. The van der Waals surface area contributed by atoms with Crippen LogP contribution < -0.4 is 5.32 Å². The first kappa shape index (κ1) is 16.9. The fourth-order valence-corrected chi connectivity index (χ4v) is 4.06. The Kier molecular flexibility index (Phi) is 3.23. The van der Waals surface area contributed by atoms with Crippen molar-refractivity contribution in [2.75, 3.05) is 5.32 Å². The molecule has 28 heavy (non-hydrogen) atoms. The molecule has 0 aliphatic carbocycles. The smallest absolute Gasteiger partial charge is 0.162 e. The van der Waals surface area contributed by atoms with Gasteiger partial charge in [-0.1, -0.05) is 0 Å². The average Bonchev–Trinajstić information content (AvgIpc) is 3.24. The fourth-order valence-electron chi connectivity index (χ4n) is 4.06. The Labute approximate surface area is 159 Å². The molecule has 3 heterocycles. The first-order valence-electron chi connectivity index (χ1n) is 8.95. The standard InChI is InChI=1S/C20H18F2N6/c1-9-12(13-5-11(21)6-16-14(13)8-23-26-16)7-15(22)17-18(9)28-10(2)25-27-19(28)20(3,4)24-17/h5-8,24H,1-4H3,(H,23,26). The summed E-state index contributed by atoms with van der Waals surface area (Å²) in [5.41, 5.74) is 3.00. The molecule has 1 aliphatic rings. The molecule has 0 amide bonds. The first-order chi connectivity index (χ1) is 13.3. The van der Waals surface area contributed by atoms with Gasteiger partial charge in [-0.05, 0) is 62.6 Å². The molecule has 0 atom stereocenters. The number of benzene rings is 2. The number of hydrogen-bond donors (Lipinski definition) is 2. The van der Waals surface area contributed by atoms with Gasteiger partial charge in [0.25, 0.3) is 0 Å². The average molecular weight is 380 g/mol. The van der Waals surface area contributed by atoms with Crippen LogP contribution in [0.3, 0.4) is 0 Å². The number of aromatic amines is 1. The Hall–Kier alpha value is -3.29. The number of aromatic nitrogens is 5. The van der Waals surface area contributed by atoms with Gasteiger partial charge in [-0.2, -0.15) is 5.10 Å². The summed E-state index contributed by atoms with van der Waals surface area (Å²) in [5.74, 6) is 0.538. The highest BCUT2D eigenvalue weighted by atomic mass is 19.1. The number of aryl methyl sites for hydroxylation is 1. The lowest BCUT2D eigenvalue weighted by molar-refractivity contribution is 0.521. The van der Waals surface area contributed by atoms with Crippen molar-refractivity contribution < 1.29 is 8.78 Å². The zero-order valence-electron chi connectivity index (χ0n) is 15.9. The predicted octanol–water partition coefficient (Wildman–Crippen LogP) is 4.37. The Balaban J connectivity index is 1.87. The minimum absolute atomic E-state index is 0.390. The highest BCUT2D eigenvalue weighted by Crippen LogP contribution is 2.44. The maximum atomic E-state index is 15.3. The van der Waals surface area contributed by atoms with E-state index in [1.807, 2.05) is 32.3 Å². The van der Waals surface area contributed by atoms with Gasteiger partial charge in [-0.15, -0.1) is 10.2 Å². The summed E-state index contributed by atoms with van der Waals surface area (Å²) in [5, 5.41) is 19.2. The van der Waals surface area contributed by atoms with E-state index in [1.54, 1.807) is 6.20 Å². The second kappa shape index (κ2) is 5.37. The molecule has 142 valence electrons. The fraction of sp³-hybridized carbons (Fsp3) is 0.250. The Morgan fingerprint density at radius 1 is 1.04 bits per heavy atom. The molecule has 2 aromatic heterocycles. The normalized spacial score (nSPS) is 14.6. The van der Waals surface area contributed by atoms with Crippen LogP contribution in [0.4, 0.5) is 14.5 Å². The van der Waals surface area contributed by atoms with E-state index in [1.165, 1.54) is 18.2 Å². The van der Waals surface area contributed by atoms with Gasteiger partial charge in [-0.3, -0.25) is 9.67 Å². The van der Waals surface area contributed by atoms with Crippen LogP contribution in [-0.2, 0) is 5.54 Å². The van der Waals surface area contributed by atoms with Crippen LogP contribution in [0, 0.1) is 25.5 Å². The number of fused-ring (bicyclic) bond motifs is 4. The van der Waals surface area contributed by atoms with Crippen molar-refractivity contribution in [3.8, 4) is 16.8 Å². The quantitative estimate of drug-likeness (QED) is 0.515. The molecule has 4 aromatic rings. The highest BCUT2D eigenvalue weighted by Gasteiger charge is 2.37. The lowest BCUT2D eigenvalue weighted by Crippen LogP contribution is -2.37. The van der Waals surface area contributed by atoms with Crippen molar-refractivity contribution >= 4 is 16.6 Å². The second-order valence-corrected chi connectivity index (χ2v) is 7.70. The van der Waals surface area contributed by atoms with Gasteiger partial charge >= 0.3 is 0 Å². The van der Waals surface area contributed by atoms with E-state index >= 15 is 4.39 Å². The zero-order valence-corrected chi connectivity index (χ0v) is 15.9. The van der Waals surface area contributed by atoms with Crippen molar-refractivity contribution in [1.29, 1.82) is 0 Å². The van der Waals surface area contributed by atoms with E-state index in [9.17, 15) is 4.39 Å². The van der Waals surface area contributed by atoms with Gasteiger partial charge in [0, 0.05) is 5.39 Å². The van der Waals surface area contributed by atoms with E-state index in [-0.39, 0.29) is 0 Å². The topological polar surface area (TPSA) is 71.4 Å². The summed E-state index contributed by atoms with van der Waals surface area (Å²) in [7, 11) is 0. The third-order valence-electron chi connectivity index (χ3n) is 5.36. The summed E-state index contributed by atoms with van der Waals surface area (Å²) >= 11 is 0. The molecule has 5 rings (SSSR count). The van der Waals surface area contributed by atoms with Gasteiger partial charge in [0.05, 0.1) is 28.6 Å². The molecule has 8 heteroatoms. The molecule has 0 fully saturated rings. The van der Waals surface area contributed by atoms with Crippen LogP contribution in [0.5, 0.6) is 0 Å². The van der Waals surface area contributed by atoms with Crippen molar-refractivity contribution in [1.82, 2.24) is 25.0 Å². The van der Waals surface area contributed by atoms with Gasteiger partial charge in [-0.25, -0.2) is 8.78 Å². The van der Waals surface area contributed by atoms with E-state index in [0.29, 0.717) is 39.7 Å². The highest BCUT2D eigenvalue weighted by molar-refractivity contribution is 5.96. The largest absolute Gasteiger partial charge is 0.369 e. The lowest BCUT2D eigenvalue weighted by Gasteiger charge is -2.35. The Bertz CT molecular complexity index is 1270. The van der Waals surface area contributed by atoms with Crippen LogP contribution >= 0.6 is 0 Å². The number of halogens is 2. The summed E-state index contributed by atoms with van der Waals surface area (Å²) in [4.78, 5) is 0. The van der Waals surface area contributed by atoms with Crippen LogP contribution in [0.15, 0.2) is 24.4 Å². The molecule has 0 bridgehead atoms. The number of H-pyrrole nitrogens is 1. The third-order valence-corrected chi connectivity index (χ3v) is 5.36. The van der Waals surface area contributed by atoms with Gasteiger partial charge in [0.15, 0.2) is 5.82 Å². The molecule has 2 aromatic carbocycles. The minimum Gasteiger partial charge on any atom is -0.369 e. The Morgan fingerprint density at radius 2 is 1.82 bits per heavy atom. The van der Waals surface area contributed by atoms with Crippen molar-refractivity contribution in [2.45, 2.75) is 33.2 Å².